The summed E-state index contributed by atoms with van der Waals surface area (Å²) in [5.41, 5.74) is 2.32. The summed E-state index contributed by atoms with van der Waals surface area (Å²) in [4.78, 5) is 15.0. The SMILES string of the molecule is CSc1ccc(CN(C)C(=O)Nc2ccc(C#N)cc2)cc1. The van der Waals surface area contributed by atoms with Crippen LogP contribution in [0.15, 0.2) is 53.4 Å². The molecule has 2 rings (SSSR count). The maximum absolute atomic E-state index is 12.1. The number of benzene rings is 2. The maximum Gasteiger partial charge on any atom is 0.321 e. The van der Waals surface area contributed by atoms with Crippen molar-refractivity contribution in [3.63, 3.8) is 0 Å². The van der Waals surface area contributed by atoms with Crippen molar-refractivity contribution in [3.8, 4) is 6.07 Å². The third-order valence-corrected chi connectivity index (χ3v) is 3.93. The fraction of sp³-hybridized carbons (Fsp3) is 0.176. The number of thioether (sulfide) groups is 1. The lowest BCUT2D eigenvalue weighted by molar-refractivity contribution is 0.220. The first-order valence-electron chi connectivity index (χ1n) is 6.77. The Balaban J connectivity index is 1.94. The quantitative estimate of drug-likeness (QED) is 0.870. The van der Waals surface area contributed by atoms with Crippen LogP contribution in [0.3, 0.4) is 0 Å². The highest BCUT2D eigenvalue weighted by atomic mass is 32.2. The Hall–Kier alpha value is -2.45. The van der Waals surface area contributed by atoms with Crippen molar-refractivity contribution in [2.75, 3.05) is 18.6 Å². The average molecular weight is 311 g/mol. The average Bonchev–Trinajstić information content (AvgIpc) is 2.56. The van der Waals surface area contributed by atoms with Crippen LogP contribution in [0.1, 0.15) is 11.1 Å². The second kappa shape index (κ2) is 7.53. The highest BCUT2D eigenvalue weighted by Gasteiger charge is 2.09. The molecule has 0 radical (unpaired) electrons. The van der Waals surface area contributed by atoms with Gasteiger partial charge in [-0.2, -0.15) is 5.26 Å². The minimum Gasteiger partial charge on any atom is -0.323 e. The van der Waals surface area contributed by atoms with E-state index in [-0.39, 0.29) is 6.03 Å². The molecule has 2 aromatic carbocycles. The van der Waals surface area contributed by atoms with E-state index in [1.54, 1.807) is 48.0 Å². The van der Waals surface area contributed by atoms with E-state index in [2.05, 4.69) is 5.32 Å². The number of nitrogens with zero attached hydrogens (tertiary/aromatic N) is 2. The minimum absolute atomic E-state index is 0.182. The van der Waals surface area contributed by atoms with Crippen molar-refractivity contribution < 1.29 is 4.79 Å². The number of carbonyl (C=O) groups is 1. The number of rotatable bonds is 4. The van der Waals surface area contributed by atoms with Crippen LogP contribution in [0.25, 0.3) is 0 Å². The van der Waals surface area contributed by atoms with Crippen LogP contribution in [-0.4, -0.2) is 24.2 Å². The number of anilines is 1. The zero-order valence-electron chi connectivity index (χ0n) is 12.5. The molecule has 0 saturated carbocycles. The monoisotopic (exact) mass is 311 g/mol. The van der Waals surface area contributed by atoms with Gasteiger partial charge in [0.1, 0.15) is 0 Å². The fourth-order valence-corrected chi connectivity index (χ4v) is 2.33. The Labute approximate surface area is 134 Å². The van der Waals surface area contributed by atoms with Gasteiger partial charge in [0, 0.05) is 24.2 Å². The molecule has 0 atom stereocenters. The second-order valence-corrected chi connectivity index (χ2v) is 5.70. The lowest BCUT2D eigenvalue weighted by atomic mass is 10.2. The minimum atomic E-state index is -0.182. The van der Waals surface area contributed by atoms with E-state index in [1.165, 1.54) is 4.90 Å². The van der Waals surface area contributed by atoms with E-state index in [1.807, 2.05) is 36.6 Å². The summed E-state index contributed by atoms with van der Waals surface area (Å²) in [7, 11) is 1.75. The van der Waals surface area contributed by atoms with Crippen LogP contribution in [0.4, 0.5) is 10.5 Å². The summed E-state index contributed by atoms with van der Waals surface area (Å²) >= 11 is 1.69. The molecule has 1 N–H and O–H groups in total. The standard InChI is InChI=1S/C17H17N3OS/c1-20(12-14-5-9-16(22-2)10-6-14)17(21)19-15-7-3-13(11-18)4-8-15/h3-10H,12H2,1-2H3,(H,19,21). The Kier molecular flexibility index (Phi) is 5.45. The predicted octanol–water partition coefficient (Wildman–Crippen LogP) is 3.94. The first kappa shape index (κ1) is 15.9. The van der Waals surface area contributed by atoms with Crippen LogP contribution in [0, 0.1) is 11.3 Å². The van der Waals surface area contributed by atoms with Crippen molar-refractivity contribution in [3.05, 3.63) is 59.7 Å². The second-order valence-electron chi connectivity index (χ2n) is 4.82. The molecule has 0 saturated heterocycles. The van der Waals surface area contributed by atoms with Crippen molar-refractivity contribution in [1.82, 2.24) is 4.90 Å². The van der Waals surface area contributed by atoms with Gasteiger partial charge >= 0.3 is 6.03 Å². The van der Waals surface area contributed by atoms with Crippen LogP contribution >= 0.6 is 11.8 Å². The molecular weight excluding hydrogens is 294 g/mol. The summed E-state index contributed by atoms with van der Waals surface area (Å²) in [5.74, 6) is 0. The van der Waals surface area contributed by atoms with Crippen LogP contribution in [0.5, 0.6) is 0 Å². The van der Waals surface area contributed by atoms with E-state index >= 15 is 0 Å². The number of carbonyl (C=O) groups excluding carboxylic acids is 1. The molecule has 0 unspecified atom stereocenters. The number of urea groups is 1. The molecule has 0 aliphatic rings. The summed E-state index contributed by atoms with van der Waals surface area (Å²) in [6, 6.07) is 16.8. The van der Waals surface area contributed by atoms with Crippen molar-refractivity contribution in [2.24, 2.45) is 0 Å². The topological polar surface area (TPSA) is 56.1 Å². The normalized spacial score (nSPS) is 9.86. The first-order valence-corrected chi connectivity index (χ1v) is 8.00. The van der Waals surface area contributed by atoms with Gasteiger partial charge in [-0.1, -0.05) is 12.1 Å². The molecule has 0 aliphatic carbocycles. The zero-order chi connectivity index (χ0) is 15.9. The number of nitrogens with one attached hydrogen (secondary N) is 1. The highest BCUT2D eigenvalue weighted by Crippen LogP contribution is 2.16. The van der Waals surface area contributed by atoms with Crippen molar-refractivity contribution in [1.29, 1.82) is 5.26 Å². The van der Waals surface area contributed by atoms with Crippen LogP contribution in [0.2, 0.25) is 0 Å². The molecule has 4 nitrogen and oxygen atoms in total. The summed E-state index contributed by atoms with van der Waals surface area (Å²) in [6.45, 7) is 0.538. The van der Waals surface area contributed by atoms with Gasteiger partial charge < -0.3 is 10.2 Å². The molecule has 0 fully saturated rings. The van der Waals surface area contributed by atoms with Crippen LogP contribution < -0.4 is 5.32 Å². The molecule has 2 amide bonds. The molecule has 112 valence electrons. The smallest absolute Gasteiger partial charge is 0.321 e. The largest absolute Gasteiger partial charge is 0.323 e. The molecule has 0 bridgehead atoms. The third kappa shape index (κ3) is 4.27. The van der Waals surface area contributed by atoms with E-state index < -0.39 is 0 Å². The molecule has 0 heterocycles. The molecule has 22 heavy (non-hydrogen) atoms. The third-order valence-electron chi connectivity index (χ3n) is 3.19. The van der Waals surface area contributed by atoms with Crippen LogP contribution in [-0.2, 0) is 6.54 Å². The van der Waals surface area contributed by atoms with Gasteiger partial charge in [-0.25, -0.2) is 4.79 Å². The van der Waals surface area contributed by atoms with Gasteiger partial charge in [0.05, 0.1) is 11.6 Å². The number of hydrogen-bond acceptors (Lipinski definition) is 3. The molecule has 0 aromatic heterocycles. The summed E-state index contributed by atoms with van der Waals surface area (Å²) < 4.78 is 0. The summed E-state index contributed by atoms with van der Waals surface area (Å²) in [6.07, 6.45) is 2.03. The zero-order valence-corrected chi connectivity index (χ0v) is 13.4. The predicted molar refractivity (Wildman–Crippen MR) is 89.9 cm³/mol. The van der Waals surface area contributed by atoms with E-state index in [0.717, 1.165) is 5.56 Å². The highest BCUT2D eigenvalue weighted by molar-refractivity contribution is 7.98. The molecular formula is C17H17N3OS. The Morgan fingerprint density at radius 2 is 1.82 bits per heavy atom. The Morgan fingerprint density at radius 3 is 2.36 bits per heavy atom. The Morgan fingerprint density at radius 1 is 1.18 bits per heavy atom. The number of nitriles is 1. The molecule has 2 aromatic rings. The van der Waals surface area contributed by atoms with E-state index in [4.69, 9.17) is 5.26 Å². The van der Waals surface area contributed by atoms with Gasteiger partial charge in [0.25, 0.3) is 0 Å². The Bertz CT molecular complexity index is 675. The lowest BCUT2D eigenvalue weighted by Gasteiger charge is -2.18. The van der Waals surface area contributed by atoms with Gasteiger partial charge in [-0.15, -0.1) is 11.8 Å². The van der Waals surface area contributed by atoms with Crippen molar-refractivity contribution >= 4 is 23.5 Å². The van der Waals surface area contributed by atoms with Gasteiger partial charge in [-0.3, -0.25) is 0 Å². The van der Waals surface area contributed by atoms with E-state index in [0.29, 0.717) is 17.8 Å². The molecule has 0 spiro atoms. The summed E-state index contributed by atoms with van der Waals surface area (Å²) in [5, 5.41) is 11.6. The lowest BCUT2D eigenvalue weighted by Crippen LogP contribution is -2.30. The van der Waals surface area contributed by atoms with Gasteiger partial charge in [0.2, 0.25) is 0 Å². The van der Waals surface area contributed by atoms with Gasteiger partial charge in [0.15, 0.2) is 0 Å². The number of hydrogen-bond donors (Lipinski definition) is 1. The number of amides is 2. The molecule has 0 aliphatic heterocycles. The molecule has 5 heteroatoms. The fourth-order valence-electron chi connectivity index (χ4n) is 1.92. The van der Waals surface area contributed by atoms with Crippen molar-refractivity contribution in [2.45, 2.75) is 11.4 Å². The van der Waals surface area contributed by atoms with E-state index in [9.17, 15) is 4.79 Å². The maximum atomic E-state index is 12.1. The van der Waals surface area contributed by atoms with Gasteiger partial charge in [-0.05, 0) is 48.2 Å². The first-order chi connectivity index (χ1) is 10.6.